The van der Waals surface area contributed by atoms with Gasteiger partial charge in [0.25, 0.3) is 0 Å². The van der Waals surface area contributed by atoms with Crippen LogP contribution in [0.25, 0.3) is 11.0 Å². The summed E-state index contributed by atoms with van der Waals surface area (Å²) in [5.41, 5.74) is 3.70. The van der Waals surface area contributed by atoms with E-state index in [2.05, 4.69) is 20.4 Å². The fourth-order valence-electron chi connectivity index (χ4n) is 2.58. The van der Waals surface area contributed by atoms with Crippen LogP contribution in [0.3, 0.4) is 0 Å². The molecule has 0 unspecified atom stereocenters. The van der Waals surface area contributed by atoms with E-state index in [-0.39, 0.29) is 0 Å². The summed E-state index contributed by atoms with van der Waals surface area (Å²) in [5, 5.41) is 7.73. The zero-order chi connectivity index (χ0) is 16.4. The normalized spacial score (nSPS) is 10.8. The number of nitrogens with one attached hydrogen (secondary N) is 1. The maximum absolute atomic E-state index is 5.33. The third kappa shape index (κ3) is 2.77. The van der Waals surface area contributed by atoms with Gasteiger partial charge in [-0.15, -0.1) is 0 Å². The fraction of sp³-hybridized carbons (Fsp3) is 0.312. The first-order valence-corrected chi connectivity index (χ1v) is 7.23. The van der Waals surface area contributed by atoms with Gasteiger partial charge in [-0.3, -0.25) is 4.68 Å². The first-order valence-electron chi connectivity index (χ1n) is 7.23. The van der Waals surface area contributed by atoms with Crippen LogP contribution in [0.5, 0.6) is 11.5 Å². The van der Waals surface area contributed by atoms with Crippen molar-refractivity contribution >= 4 is 16.9 Å². The number of rotatable bonds is 5. The van der Waals surface area contributed by atoms with E-state index in [0.29, 0.717) is 18.0 Å². The number of aryl methyl sites for hydroxylation is 2. The Morgan fingerprint density at radius 1 is 1.13 bits per heavy atom. The number of aromatic nitrogens is 4. The highest BCUT2D eigenvalue weighted by molar-refractivity contribution is 5.87. The average Bonchev–Trinajstić information content (AvgIpc) is 2.87. The third-order valence-corrected chi connectivity index (χ3v) is 3.70. The molecule has 1 N–H and O–H groups in total. The molecule has 120 valence electrons. The van der Waals surface area contributed by atoms with E-state index >= 15 is 0 Å². The highest BCUT2D eigenvalue weighted by Crippen LogP contribution is 2.28. The van der Waals surface area contributed by atoms with Crippen molar-refractivity contribution in [2.75, 3.05) is 19.5 Å². The Hall–Kier alpha value is -2.83. The minimum atomic E-state index is 0.608. The Bertz CT molecular complexity index is 844. The minimum Gasteiger partial charge on any atom is -0.493 e. The summed E-state index contributed by atoms with van der Waals surface area (Å²) in [6, 6.07) is 5.82. The van der Waals surface area contributed by atoms with Crippen LogP contribution in [0.15, 0.2) is 24.5 Å². The van der Waals surface area contributed by atoms with Gasteiger partial charge in [0.15, 0.2) is 17.3 Å². The van der Waals surface area contributed by atoms with Crippen LogP contribution in [0, 0.1) is 6.92 Å². The number of nitrogens with zero attached hydrogens (tertiary/aromatic N) is 4. The van der Waals surface area contributed by atoms with Crippen LogP contribution in [-0.4, -0.2) is 34.0 Å². The van der Waals surface area contributed by atoms with Crippen LogP contribution in [0.4, 0.5) is 5.82 Å². The molecule has 23 heavy (non-hydrogen) atoms. The van der Waals surface area contributed by atoms with Gasteiger partial charge in [0.2, 0.25) is 0 Å². The van der Waals surface area contributed by atoms with Crippen molar-refractivity contribution in [3.8, 4) is 11.5 Å². The first-order chi connectivity index (χ1) is 11.1. The molecular formula is C16H19N5O2. The Morgan fingerprint density at radius 3 is 2.65 bits per heavy atom. The molecule has 0 spiro atoms. The van der Waals surface area contributed by atoms with Gasteiger partial charge in [-0.25, -0.2) is 9.97 Å². The molecule has 3 rings (SSSR count). The van der Waals surface area contributed by atoms with E-state index < -0.39 is 0 Å². The van der Waals surface area contributed by atoms with Crippen LogP contribution in [0.2, 0.25) is 0 Å². The topological polar surface area (TPSA) is 74.1 Å². The molecule has 0 bridgehead atoms. The zero-order valence-electron chi connectivity index (χ0n) is 13.6. The lowest BCUT2D eigenvalue weighted by Crippen LogP contribution is -2.05. The lowest BCUT2D eigenvalue weighted by Gasteiger charge is -2.11. The van der Waals surface area contributed by atoms with E-state index in [1.54, 1.807) is 25.2 Å². The third-order valence-electron chi connectivity index (χ3n) is 3.70. The molecule has 3 aromatic rings. The summed E-state index contributed by atoms with van der Waals surface area (Å²) >= 11 is 0. The molecule has 2 aromatic heterocycles. The second kappa shape index (κ2) is 6.12. The summed E-state index contributed by atoms with van der Waals surface area (Å²) in [6.45, 7) is 2.55. The number of hydrogen-bond acceptors (Lipinski definition) is 6. The van der Waals surface area contributed by atoms with Crippen LogP contribution < -0.4 is 14.8 Å². The predicted molar refractivity (Wildman–Crippen MR) is 87.9 cm³/mol. The number of benzene rings is 1. The lowest BCUT2D eigenvalue weighted by molar-refractivity contribution is 0.354. The summed E-state index contributed by atoms with van der Waals surface area (Å²) < 4.78 is 12.4. The number of anilines is 1. The van der Waals surface area contributed by atoms with Crippen molar-refractivity contribution < 1.29 is 9.47 Å². The van der Waals surface area contributed by atoms with Crippen LogP contribution >= 0.6 is 0 Å². The highest BCUT2D eigenvalue weighted by atomic mass is 16.5. The molecule has 0 atom stereocenters. The number of methoxy groups -OCH3 is 2. The van der Waals surface area contributed by atoms with Gasteiger partial charge in [0.05, 0.1) is 19.9 Å². The Kier molecular flexibility index (Phi) is 4.01. The zero-order valence-corrected chi connectivity index (χ0v) is 13.6. The molecule has 1 aromatic carbocycles. The molecule has 0 saturated carbocycles. The molecule has 0 aliphatic carbocycles. The number of hydrogen-bond donors (Lipinski definition) is 1. The molecular weight excluding hydrogens is 294 g/mol. The average molecular weight is 313 g/mol. The summed E-state index contributed by atoms with van der Waals surface area (Å²) in [6.07, 6.45) is 1.55. The van der Waals surface area contributed by atoms with E-state index in [1.165, 1.54) is 0 Å². The smallest absolute Gasteiger partial charge is 0.161 e. The number of fused-ring (bicyclic) bond motifs is 1. The van der Waals surface area contributed by atoms with Gasteiger partial charge in [0, 0.05) is 13.6 Å². The van der Waals surface area contributed by atoms with E-state index in [1.807, 2.05) is 32.2 Å². The van der Waals surface area contributed by atoms with Crippen molar-refractivity contribution in [2.24, 2.45) is 7.05 Å². The molecule has 7 heteroatoms. The van der Waals surface area contributed by atoms with Crippen molar-refractivity contribution in [1.82, 2.24) is 19.7 Å². The molecule has 0 amide bonds. The summed E-state index contributed by atoms with van der Waals surface area (Å²) in [4.78, 5) is 8.63. The van der Waals surface area contributed by atoms with Gasteiger partial charge in [-0.1, -0.05) is 6.07 Å². The first kappa shape index (κ1) is 15.1. The molecule has 7 nitrogen and oxygen atoms in total. The van der Waals surface area contributed by atoms with Gasteiger partial charge in [-0.2, -0.15) is 5.10 Å². The monoisotopic (exact) mass is 313 g/mol. The number of ether oxygens (including phenoxy) is 2. The van der Waals surface area contributed by atoms with Crippen molar-refractivity contribution in [3.63, 3.8) is 0 Å². The van der Waals surface area contributed by atoms with Gasteiger partial charge < -0.3 is 14.8 Å². The lowest BCUT2D eigenvalue weighted by atomic mass is 10.2. The maximum Gasteiger partial charge on any atom is 0.161 e. The second-order valence-electron chi connectivity index (χ2n) is 5.17. The standard InChI is InChI=1S/C16H19N5O2/c1-10-14-15(21(2)20-10)16(19-9-18-14)17-8-11-5-6-12(22-3)13(7-11)23-4/h5-7,9H,8H2,1-4H3,(H,17,18,19). The Balaban J connectivity index is 1.87. The molecule has 0 aliphatic rings. The quantitative estimate of drug-likeness (QED) is 0.779. The van der Waals surface area contributed by atoms with Crippen molar-refractivity contribution in [2.45, 2.75) is 13.5 Å². The maximum atomic E-state index is 5.33. The van der Waals surface area contributed by atoms with Crippen LogP contribution in [-0.2, 0) is 13.6 Å². The molecule has 2 heterocycles. The van der Waals surface area contributed by atoms with Crippen molar-refractivity contribution in [3.05, 3.63) is 35.8 Å². The molecule has 0 saturated heterocycles. The van der Waals surface area contributed by atoms with Gasteiger partial charge in [0.1, 0.15) is 17.4 Å². The predicted octanol–water partition coefficient (Wildman–Crippen LogP) is 2.30. The molecule has 0 aliphatic heterocycles. The summed E-state index contributed by atoms with van der Waals surface area (Å²) in [5.74, 6) is 2.17. The van der Waals surface area contributed by atoms with E-state index in [9.17, 15) is 0 Å². The van der Waals surface area contributed by atoms with Crippen LogP contribution in [0.1, 0.15) is 11.3 Å². The SMILES string of the molecule is COc1ccc(CNc2ncnc3c(C)nn(C)c23)cc1OC. The second-order valence-corrected chi connectivity index (χ2v) is 5.17. The highest BCUT2D eigenvalue weighted by Gasteiger charge is 2.12. The van der Waals surface area contributed by atoms with Gasteiger partial charge in [-0.05, 0) is 24.6 Å². The van der Waals surface area contributed by atoms with E-state index in [4.69, 9.17) is 9.47 Å². The largest absolute Gasteiger partial charge is 0.493 e. The Morgan fingerprint density at radius 2 is 1.91 bits per heavy atom. The molecule has 0 radical (unpaired) electrons. The van der Waals surface area contributed by atoms with E-state index in [0.717, 1.165) is 28.1 Å². The van der Waals surface area contributed by atoms with Crippen molar-refractivity contribution in [1.29, 1.82) is 0 Å². The van der Waals surface area contributed by atoms with Gasteiger partial charge >= 0.3 is 0 Å². The fourth-order valence-corrected chi connectivity index (χ4v) is 2.58. The summed E-state index contributed by atoms with van der Waals surface area (Å²) in [7, 11) is 5.14. The minimum absolute atomic E-state index is 0.608. The molecule has 0 fully saturated rings. The Labute approximate surface area is 134 Å².